The van der Waals surface area contributed by atoms with E-state index in [1.165, 1.54) is 6.07 Å². The molecule has 0 saturated carbocycles. The standard InChI is InChI=1S/C20H26N6O4S/c1-4-29-16-6-7-17(30-5-2)18(14-16)31(27,28)22-12-11-21-19-8-9-20(24-23-19)26-13-10-15(3)25-26/h6-10,13-14,22H,4-5,11-12H2,1-3H3,(H,21,23). The van der Waals surface area contributed by atoms with Crippen molar-refractivity contribution in [1.82, 2.24) is 24.7 Å². The van der Waals surface area contributed by atoms with E-state index >= 15 is 0 Å². The van der Waals surface area contributed by atoms with E-state index in [4.69, 9.17) is 9.47 Å². The molecule has 3 rings (SSSR count). The average molecular weight is 447 g/mol. The van der Waals surface area contributed by atoms with Crippen molar-refractivity contribution in [3.8, 4) is 17.3 Å². The second-order valence-corrected chi connectivity index (χ2v) is 8.21. The van der Waals surface area contributed by atoms with Crippen molar-refractivity contribution in [3.63, 3.8) is 0 Å². The van der Waals surface area contributed by atoms with Crippen LogP contribution in [0.1, 0.15) is 19.5 Å². The van der Waals surface area contributed by atoms with Crippen LogP contribution in [0.3, 0.4) is 0 Å². The minimum Gasteiger partial charge on any atom is -0.494 e. The van der Waals surface area contributed by atoms with Gasteiger partial charge in [0.05, 0.1) is 18.9 Å². The molecule has 0 aliphatic rings. The van der Waals surface area contributed by atoms with E-state index in [0.717, 1.165) is 5.69 Å². The summed E-state index contributed by atoms with van der Waals surface area (Å²) in [6.07, 6.45) is 1.80. The van der Waals surface area contributed by atoms with Crippen LogP contribution in [0.15, 0.2) is 47.5 Å². The van der Waals surface area contributed by atoms with Gasteiger partial charge < -0.3 is 14.8 Å². The second-order valence-electron chi connectivity index (χ2n) is 6.48. The van der Waals surface area contributed by atoms with E-state index in [-0.39, 0.29) is 17.2 Å². The number of benzene rings is 1. The molecule has 1 aromatic carbocycles. The first-order valence-corrected chi connectivity index (χ1v) is 11.4. The van der Waals surface area contributed by atoms with Gasteiger partial charge in [-0.05, 0) is 51.1 Å². The zero-order chi connectivity index (χ0) is 22.3. The first-order chi connectivity index (χ1) is 14.9. The molecule has 2 heterocycles. The highest BCUT2D eigenvalue weighted by Crippen LogP contribution is 2.28. The molecule has 11 heteroatoms. The predicted octanol–water partition coefficient (Wildman–Crippen LogP) is 2.16. The van der Waals surface area contributed by atoms with Crippen LogP contribution in [0.5, 0.6) is 11.5 Å². The van der Waals surface area contributed by atoms with Crippen molar-refractivity contribution in [2.75, 3.05) is 31.6 Å². The number of hydrogen-bond donors (Lipinski definition) is 2. The van der Waals surface area contributed by atoms with Gasteiger partial charge in [0.15, 0.2) is 5.82 Å². The maximum absolute atomic E-state index is 12.8. The SMILES string of the molecule is CCOc1ccc(OCC)c(S(=O)(=O)NCCNc2ccc(-n3ccc(C)n3)nn2)c1. The van der Waals surface area contributed by atoms with Gasteiger partial charge in [0.2, 0.25) is 10.0 Å². The average Bonchev–Trinajstić information content (AvgIpc) is 3.19. The van der Waals surface area contributed by atoms with Crippen LogP contribution in [0, 0.1) is 6.92 Å². The van der Waals surface area contributed by atoms with Crippen LogP contribution in [-0.4, -0.2) is 54.7 Å². The third-order valence-electron chi connectivity index (χ3n) is 4.15. The zero-order valence-electron chi connectivity index (χ0n) is 17.7. The van der Waals surface area contributed by atoms with Crippen molar-refractivity contribution < 1.29 is 17.9 Å². The molecule has 3 aromatic rings. The van der Waals surface area contributed by atoms with Crippen molar-refractivity contribution in [2.24, 2.45) is 0 Å². The van der Waals surface area contributed by atoms with Gasteiger partial charge in [0.1, 0.15) is 22.2 Å². The van der Waals surface area contributed by atoms with Gasteiger partial charge in [-0.2, -0.15) is 5.10 Å². The molecule has 31 heavy (non-hydrogen) atoms. The fourth-order valence-corrected chi connectivity index (χ4v) is 3.96. The van der Waals surface area contributed by atoms with Crippen LogP contribution in [0.25, 0.3) is 5.82 Å². The second kappa shape index (κ2) is 10.2. The van der Waals surface area contributed by atoms with E-state index in [1.54, 1.807) is 42.1 Å². The fourth-order valence-electron chi connectivity index (χ4n) is 2.77. The Morgan fingerprint density at radius 3 is 2.45 bits per heavy atom. The predicted molar refractivity (Wildman–Crippen MR) is 116 cm³/mol. The Kier molecular flexibility index (Phi) is 7.42. The van der Waals surface area contributed by atoms with E-state index in [1.807, 2.05) is 19.9 Å². The van der Waals surface area contributed by atoms with Gasteiger partial charge >= 0.3 is 0 Å². The summed E-state index contributed by atoms with van der Waals surface area (Å²) in [4.78, 5) is 0.0407. The van der Waals surface area contributed by atoms with E-state index in [9.17, 15) is 8.42 Å². The summed E-state index contributed by atoms with van der Waals surface area (Å²) < 4.78 is 40.7. The number of rotatable bonds is 11. The highest BCUT2D eigenvalue weighted by molar-refractivity contribution is 7.89. The van der Waals surface area contributed by atoms with Gasteiger partial charge in [-0.15, -0.1) is 10.2 Å². The third-order valence-corrected chi connectivity index (χ3v) is 5.63. The Labute approximate surface area is 181 Å². The smallest absolute Gasteiger partial charge is 0.244 e. The summed E-state index contributed by atoms with van der Waals surface area (Å²) in [6, 6.07) is 10.2. The number of hydrogen-bond acceptors (Lipinski definition) is 8. The molecule has 0 unspecified atom stereocenters. The molecule has 0 amide bonds. The number of nitrogens with zero attached hydrogens (tertiary/aromatic N) is 4. The molecule has 166 valence electrons. The number of nitrogens with one attached hydrogen (secondary N) is 2. The van der Waals surface area contributed by atoms with Gasteiger partial charge in [-0.1, -0.05) is 0 Å². The van der Waals surface area contributed by atoms with Crippen LogP contribution >= 0.6 is 0 Å². The Hall–Kier alpha value is -3.18. The first-order valence-electron chi connectivity index (χ1n) is 9.92. The molecule has 10 nitrogen and oxygen atoms in total. The number of anilines is 1. The maximum Gasteiger partial charge on any atom is 0.244 e. The normalized spacial score (nSPS) is 11.3. The molecule has 0 spiro atoms. The highest BCUT2D eigenvalue weighted by atomic mass is 32.2. The quantitative estimate of drug-likeness (QED) is 0.430. The highest BCUT2D eigenvalue weighted by Gasteiger charge is 2.20. The number of ether oxygens (including phenoxy) is 2. The number of aryl methyl sites for hydroxylation is 1. The molecular formula is C20H26N6O4S. The summed E-state index contributed by atoms with van der Waals surface area (Å²) in [5, 5.41) is 15.5. The number of aromatic nitrogens is 4. The van der Waals surface area contributed by atoms with Gasteiger partial charge in [-0.25, -0.2) is 17.8 Å². The van der Waals surface area contributed by atoms with Crippen LogP contribution in [-0.2, 0) is 10.0 Å². The molecule has 0 aliphatic heterocycles. The lowest BCUT2D eigenvalue weighted by Crippen LogP contribution is -2.29. The molecule has 0 atom stereocenters. The summed E-state index contributed by atoms with van der Waals surface area (Å²) in [5.41, 5.74) is 0.885. The third kappa shape index (κ3) is 5.92. The Bertz CT molecular complexity index is 1100. The van der Waals surface area contributed by atoms with Crippen LogP contribution in [0.2, 0.25) is 0 Å². The fraction of sp³-hybridized carbons (Fsp3) is 0.350. The molecule has 0 aliphatic carbocycles. The number of sulfonamides is 1. The summed E-state index contributed by atoms with van der Waals surface area (Å²) >= 11 is 0. The summed E-state index contributed by atoms with van der Waals surface area (Å²) in [6.45, 7) is 6.78. The monoisotopic (exact) mass is 446 g/mol. The van der Waals surface area contributed by atoms with Crippen molar-refractivity contribution in [1.29, 1.82) is 0 Å². The Morgan fingerprint density at radius 1 is 1.00 bits per heavy atom. The molecular weight excluding hydrogens is 420 g/mol. The molecule has 2 N–H and O–H groups in total. The summed E-state index contributed by atoms with van der Waals surface area (Å²) in [5.74, 6) is 1.87. The van der Waals surface area contributed by atoms with Crippen LogP contribution in [0.4, 0.5) is 5.82 Å². The van der Waals surface area contributed by atoms with Gasteiger partial charge in [0, 0.05) is 25.4 Å². The van der Waals surface area contributed by atoms with E-state index in [0.29, 0.717) is 37.1 Å². The topological polar surface area (TPSA) is 120 Å². The van der Waals surface area contributed by atoms with E-state index in [2.05, 4.69) is 25.3 Å². The molecule has 2 aromatic heterocycles. The van der Waals surface area contributed by atoms with E-state index < -0.39 is 10.0 Å². The lowest BCUT2D eigenvalue weighted by atomic mass is 10.3. The molecule has 0 fully saturated rings. The minimum absolute atomic E-state index is 0.0407. The largest absolute Gasteiger partial charge is 0.494 e. The van der Waals surface area contributed by atoms with Crippen molar-refractivity contribution in [2.45, 2.75) is 25.7 Å². The Balaban J connectivity index is 1.59. The van der Waals surface area contributed by atoms with Crippen molar-refractivity contribution >= 4 is 15.8 Å². The zero-order valence-corrected chi connectivity index (χ0v) is 18.5. The lowest BCUT2D eigenvalue weighted by Gasteiger charge is -2.14. The molecule has 0 bridgehead atoms. The maximum atomic E-state index is 12.8. The van der Waals surface area contributed by atoms with Gasteiger partial charge in [0.25, 0.3) is 0 Å². The minimum atomic E-state index is -3.79. The lowest BCUT2D eigenvalue weighted by molar-refractivity contribution is 0.322. The first kappa shape index (κ1) is 22.5. The van der Waals surface area contributed by atoms with Crippen molar-refractivity contribution in [3.05, 3.63) is 48.3 Å². The summed E-state index contributed by atoms with van der Waals surface area (Å²) in [7, 11) is -3.79. The molecule has 0 radical (unpaired) electrons. The van der Waals surface area contributed by atoms with Crippen LogP contribution < -0.4 is 19.5 Å². The van der Waals surface area contributed by atoms with Gasteiger partial charge in [-0.3, -0.25) is 0 Å². The Morgan fingerprint density at radius 2 is 1.81 bits per heavy atom. The molecule has 0 saturated heterocycles.